The molecule has 1 fully saturated rings. The summed E-state index contributed by atoms with van der Waals surface area (Å²) in [7, 11) is 0. The standard InChI is InChI=1S/C34H47NO8/c1-24-29(40-20-14-19-25-15-10-8-11-16-25)27(21-26-17-12-9-13-18-26)22-39-23-28(30(36)41-24)35(31(37)42-33(2,3)4)32(38)43-34(5,6)7/h8-13,15-18,24,27-29H,14,19-23H2,1-7H3/t24-,27-,28-,29-/m0/s1. The van der Waals surface area contributed by atoms with Crippen molar-refractivity contribution in [2.45, 2.75) is 97.2 Å². The molecule has 9 nitrogen and oxygen atoms in total. The average molecular weight is 598 g/mol. The van der Waals surface area contributed by atoms with Gasteiger partial charge in [-0.15, -0.1) is 0 Å². The molecular formula is C34H47NO8. The highest BCUT2D eigenvalue weighted by Gasteiger charge is 2.44. The molecule has 2 aromatic rings. The van der Waals surface area contributed by atoms with Gasteiger partial charge < -0.3 is 23.7 Å². The smallest absolute Gasteiger partial charge is 0.420 e. The van der Waals surface area contributed by atoms with Crippen LogP contribution in [0.2, 0.25) is 0 Å². The van der Waals surface area contributed by atoms with Crippen molar-refractivity contribution in [3.63, 3.8) is 0 Å². The molecule has 43 heavy (non-hydrogen) atoms. The molecule has 236 valence electrons. The predicted molar refractivity (Wildman–Crippen MR) is 163 cm³/mol. The molecule has 2 amide bonds. The minimum atomic E-state index is -1.42. The largest absolute Gasteiger partial charge is 0.458 e. The van der Waals surface area contributed by atoms with Crippen LogP contribution in [-0.2, 0) is 41.3 Å². The third-order valence-corrected chi connectivity index (χ3v) is 6.70. The number of carbonyl (C=O) groups excluding carboxylic acids is 3. The van der Waals surface area contributed by atoms with E-state index in [1.54, 1.807) is 48.5 Å². The normalized spacial score (nSPS) is 21.5. The number of esters is 1. The van der Waals surface area contributed by atoms with Crippen LogP contribution >= 0.6 is 0 Å². The van der Waals surface area contributed by atoms with Crippen molar-refractivity contribution in [1.29, 1.82) is 0 Å². The van der Waals surface area contributed by atoms with Crippen molar-refractivity contribution >= 4 is 18.2 Å². The lowest BCUT2D eigenvalue weighted by atomic mass is 9.91. The number of rotatable bonds is 8. The van der Waals surface area contributed by atoms with Crippen molar-refractivity contribution in [3.05, 3.63) is 71.8 Å². The van der Waals surface area contributed by atoms with Gasteiger partial charge in [-0.25, -0.2) is 14.4 Å². The van der Waals surface area contributed by atoms with E-state index < -0.39 is 47.6 Å². The summed E-state index contributed by atoms with van der Waals surface area (Å²) in [5.74, 6) is -0.973. The van der Waals surface area contributed by atoms with Gasteiger partial charge in [-0.1, -0.05) is 60.7 Å². The first-order chi connectivity index (χ1) is 20.2. The maximum atomic E-state index is 13.6. The second-order valence-corrected chi connectivity index (χ2v) is 12.9. The van der Waals surface area contributed by atoms with Crippen molar-refractivity contribution in [2.24, 2.45) is 5.92 Å². The summed E-state index contributed by atoms with van der Waals surface area (Å²) in [6, 6.07) is 18.7. The lowest BCUT2D eigenvalue weighted by Gasteiger charge is -2.33. The third-order valence-electron chi connectivity index (χ3n) is 6.70. The van der Waals surface area contributed by atoms with E-state index in [4.69, 9.17) is 23.7 Å². The summed E-state index contributed by atoms with van der Waals surface area (Å²) in [5.41, 5.74) is 0.463. The molecular weight excluding hydrogens is 550 g/mol. The Labute approximate surface area is 255 Å². The Kier molecular flexibility index (Phi) is 12.2. The SMILES string of the molecule is C[C@@H]1OC(=O)[C@@H](N(C(=O)OC(C)(C)C)C(=O)OC(C)(C)C)COC[C@H](Cc2ccccc2)[C@H]1OCCCc1ccccc1. The molecule has 1 aliphatic heterocycles. The molecule has 0 N–H and O–H groups in total. The number of benzene rings is 2. The summed E-state index contributed by atoms with van der Waals surface area (Å²) < 4.78 is 29.4. The highest BCUT2D eigenvalue weighted by atomic mass is 16.6. The number of hydrogen-bond acceptors (Lipinski definition) is 8. The highest BCUT2D eigenvalue weighted by molar-refractivity contribution is 5.94. The van der Waals surface area contributed by atoms with Gasteiger partial charge in [-0.2, -0.15) is 4.90 Å². The average Bonchev–Trinajstić information content (AvgIpc) is 2.95. The quantitative estimate of drug-likeness (QED) is 0.197. The van der Waals surface area contributed by atoms with E-state index in [2.05, 4.69) is 12.1 Å². The van der Waals surface area contributed by atoms with Crippen LogP contribution in [0.1, 0.15) is 66.0 Å². The Morgan fingerprint density at radius 3 is 1.91 bits per heavy atom. The van der Waals surface area contributed by atoms with E-state index in [1.807, 2.05) is 48.5 Å². The second-order valence-electron chi connectivity index (χ2n) is 12.9. The minimum absolute atomic E-state index is 0.169. The van der Waals surface area contributed by atoms with Crippen LogP contribution in [0.25, 0.3) is 0 Å². The fraction of sp³-hybridized carbons (Fsp3) is 0.559. The van der Waals surface area contributed by atoms with E-state index in [-0.39, 0.29) is 19.1 Å². The van der Waals surface area contributed by atoms with E-state index in [0.29, 0.717) is 17.9 Å². The number of cyclic esters (lactones) is 1. The fourth-order valence-electron chi connectivity index (χ4n) is 4.84. The zero-order valence-corrected chi connectivity index (χ0v) is 26.5. The summed E-state index contributed by atoms with van der Waals surface area (Å²) in [4.78, 5) is 40.8. The van der Waals surface area contributed by atoms with Crippen LogP contribution < -0.4 is 0 Å². The molecule has 0 aromatic heterocycles. The number of amides is 2. The van der Waals surface area contributed by atoms with Gasteiger partial charge in [-0.3, -0.25) is 0 Å². The Balaban J connectivity index is 1.85. The number of hydrogen-bond donors (Lipinski definition) is 0. The third kappa shape index (κ3) is 11.3. The number of ether oxygens (including phenoxy) is 5. The molecule has 0 spiro atoms. The summed E-state index contributed by atoms with van der Waals surface area (Å²) in [5, 5.41) is 0. The summed E-state index contributed by atoms with van der Waals surface area (Å²) in [6.45, 7) is 12.2. The predicted octanol–water partition coefficient (Wildman–Crippen LogP) is 6.37. The zero-order valence-electron chi connectivity index (χ0n) is 26.5. The molecule has 0 unspecified atom stereocenters. The van der Waals surface area contributed by atoms with Crippen LogP contribution in [0.4, 0.5) is 9.59 Å². The molecule has 2 aromatic carbocycles. The summed E-state index contributed by atoms with van der Waals surface area (Å²) >= 11 is 0. The fourth-order valence-corrected chi connectivity index (χ4v) is 4.84. The minimum Gasteiger partial charge on any atom is -0.458 e. The highest BCUT2D eigenvalue weighted by Crippen LogP contribution is 2.25. The number of imide groups is 1. The van der Waals surface area contributed by atoms with Crippen molar-refractivity contribution < 1.29 is 38.1 Å². The van der Waals surface area contributed by atoms with E-state index in [0.717, 1.165) is 18.4 Å². The van der Waals surface area contributed by atoms with Crippen molar-refractivity contribution in [3.8, 4) is 0 Å². The van der Waals surface area contributed by atoms with E-state index in [9.17, 15) is 14.4 Å². The second kappa shape index (κ2) is 15.3. The lowest BCUT2D eigenvalue weighted by Crippen LogP contribution is -2.54. The van der Waals surface area contributed by atoms with Gasteiger partial charge in [0.2, 0.25) is 0 Å². The Morgan fingerprint density at radius 2 is 1.37 bits per heavy atom. The first-order valence-electron chi connectivity index (χ1n) is 15.0. The molecule has 1 saturated heterocycles. The van der Waals surface area contributed by atoms with Crippen LogP contribution in [0, 0.1) is 5.92 Å². The van der Waals surface area contributed by atoms with Crippen LogP contribution in [0.3, 0.4) is 0 Å². The molecule has 0 bridgehead atoms. The van der Waals surface area contributed by atoms with E-state index >= 15 is 0 Å². The van der Waals surface area contributed by atoms with Crippen molar-refractivity contribution in [2.75, 3.05) is 19.8 Å². The molecule has 0 radical (unpaired) electrons. The Morgan fingerprint density at radius 1 is 0.837 bits per heavy atom. The van der Waals surface area contributed by atoms with Gasteiger partial charge in [0, 0.05) is 12.5 Å². The molecule has 3 rings (SSSR count). The molecule has 4 atom stereocenters. The van der Waals surface area contributed by atoms with Gasteiger partial charge >= 0.3 is 18.2 Å². The van der Waals surface area contributed by atoms with Crippen molar-refractivity contribution in [1.82, 2.24) is 4.90 Å². The van der Waals surface area contributed by atoms with Gasteiger partial charge in [0.1, 0.15) is 17.3 Å². The molecule has 9 heteroatoms. The first-order valence-corrected chi connectivity index (χ1v) is 15.0. The molecule has 1 aliphatic rings. The lowest BCUT2D eigenvalue weighted by molar-refractivity contribution is -0.163. The Hall–Kier alpha value is -3.43. The monoisotopic (exact) mass is 597 g/mol. The van der Waals surface area contributed by atoms with Gasteiger partial charge in [-0.05, 0) is 78.9 Å². The maximum absolute atomic E-state index is 13.6. The number of nitrogens with zero attached hydrogens (tertiary/aromatic N) is 1. The van der Waals surface area contributed by atoms with E-state index in [1.165, 1.54) is 5.56 Å². The van der Waals surface area contributed by atoms with Crippen LogP contribution in [-0.4, -0.2) is 72.3 Å². The van der Waals surface area contributed by atoms with Gasteiger partial charge in [0.05, 0.1) is 19.3 Å². The molecule has 0 saturated carbocycles. The van der Waals surface area contributed by atoms with Gasteiger partial charge in [0.25, 0.3) is 0 Å². The molecule has 0 aliphatic carbocycles. The summed E-state index contributed by atoms with van der Waals surface area (Å²) in [6.07, 6.45) is -0.963. The maximum Gasteiger partial charge on any atom is 0.420 e. The van der Waals surface area contributed by atoms with Crippen LogP contribution in [0.15, 0.2) is 60.7 Å². The van der Waals surface area contributed by atoms with Crippen LogP contribution in [0.5, 0.6) is 0 Å². The van der Waals surface area contributed by atoms with Gasteiger partial charge in [0.15, 0.2) is 6.04 Å². The Bertz CT molecular complexity index is 1140. The first kappa shape index (κ1) is 34.1. The number of carbonyl (C=O) groups is 3. The number of aryl methyl sites for hydroxylation is 1. The topological polar surface area (TPSA) is 101 Å². The zero-order chi connectivity index (χ0) is 31.6. The molecule has 1 heterocycles.